The molecule has 0 amide bonds. The third-order valence-electron chi connectivity index (χ3n) is 2.62. The van der Waals surface area contributed by atoms with Crippen LogP contribution in [0.15, 0.2) is 36.4 Å². The molecule has 0 atom stereocenters. The molecule has 5 nitrogen and oxygen atoms in total. The highest BCUT2D eigenvalue weighted by Gasteiger charge is 2.10. The SMILES string of the molecule is O=[N+]([O-])c1cc(F)cc(NCc2cc(Cl)ccc2O)c1. The number of halogens is 2. The minimum atomic E-state index is -0.711. The highest BCUT2D eigenvalue weighted by Crippen LogP contribution is 2.24. The van der Waals surface area contributed by atoms with Crippen molar-refractivity contribution in [1.29, 1.82) is 0 Å². The number of hydrogen-bond acceptors (Lipinski definition) is 4. The fraction of sp³-hybridized carbons (Fsp3) is 0.0769. The molecule has 0 spiro atoms. The van der Waals surface area contributed by atoms with Crippen LogP contribution in [0.3, 0.4) is 0 Å². The van der Waals surface area contributed by atoms with Gasteiger partial charge in [0.1, 0.15) is 11.6 Å². The molecule has 0 bridgehead atoms. The lowest BCUT2D eigenvalue weighted by molar-refractivity contribution is -0.385. The smallest absolute Gasteiger partial charge is 0.274 e. The molecule has 0 aliphatic carbocycles. The summed E-state index contributed by atoms with van der Waals surface area (Å²) in [5.41, 5.74) is 0.406. The number of nitro benzene ring substituents is 1. The minimum absolute atomic E-state index is 0.0350. The first-order chi connectivity index (χ1) is 9.45. The van der Waals surface area contributed by atoms with Crippen molar-refractivity contribution in [2.24, 2.45) is 0 Å². The highest BCUT2D eigenvalue weighted by molar-refractivity contribution is 6.30. The molecule has 7 heteroatoms. The van der Waals surface area contributed by atoms with Gasteiger partial charge < -0.3 is 10.4 Å². The van der Waals surface area contributed by atoms with Crippen molar-refractivity contribution < 1.29 is 14.4 Å². The van der Waals surface area contributed by atoms with E-state index < -0.39 is 10.7 Å². The molecular weight excluding hydrogens is 287 g/mol. The maximum Gasteiger partial charge on any atom is 0.274 e. The molecule has 2 rings (SSSR count). The number of rotatable bonds is 4. The van der Waals surface area contributed by atoms with Crippen LogP contribution >= 0.6 is 11.6 Å². The molecule has 0 fully saturated rings. The van der Waals surface area contributed by atoms with Crippen molar-refractivity contribution in [3.8, 4) is 5.75 Å². The fourth-order valence-electron chi connectivity index (χ4n) is 1.67. The summed E-state index contributed by atoms with van der Waals surface area (Å²) in [5.74, 6) is -0.676. The summed E-state index contributed by atoms with van der Waals surface area (Å²) in [4.78, 5) is 9.96. The third-order valence-corrected chi connectivity index (χ3v) is 2.85. The zero-order valence-corrected chi connectivity index (χ0v) is 10.9. The number of aromatic hydroxyl groups is 1. The quantitative estimate of drug-likeness (QED) is 0.666. The van der Waals surface area contributed by atoms with Gasteiger partial charge in [-0.1, -0.05) is 11.6 Å². The van der Waals surface area contributed by atoms with Gasteiger partial charge in [0.2, 0.25) is 0 Å². The Morgan fingerprint density at radius 1 is 1.30 bits per heavy atom. The Morgan fingerprint density at radius 3 is 2.75 bits per heavy atom. The van der Waals surface area contributed by atoms with Crippen LogP contribution in [0.5, 0.6) is 5.75 Å². The van der Waals surface area contributed by atoms with E-state index in [1.165, 1.54) is 18.2 Å². The molecule has 0 aromatic heterocycles. The summed E-state index contributed by atoms with van der Waals surface area (Å²) in [6.45, 7) is 0.160. The molecule has 2 aromatic carbocycles. The lowest BCUT2D eigenvalue weighted by Gasteiger charge is -2.08. The monoisotopic (exact) mass is 296 g/mol. The van der Waals surface area contributed by atoms with E-state index in [0.717, 1.165) is 12.1 Å². The van der Waals surface area contributed by atoms with Gasteiger partial charge in [0, 0.05) is 28.9 Å². The molecule has 2 N–H and O–H groups in total. The van der Waals surface area contributed by atoms with Gasteiger partial charge in [-0.25, -0.2) is 4.39 Å². The second-order valence-corrected chi connectivity index (χ2v) is 4.52. The van der Waals surface area contributed by atoms with Crippen LogP contribution < -0.4 is 5.32 Å². The molecule has 104 valence electrons. The summed E-state index contributed by atoms with van der Waals surface area (Å²) in [6, 6.07) is 7.71. The topological polar surface area (TPSA) is 75.4 Å². The summed E-state index contributed by atoms with van der Waals surface area (Å²) in [7, 11) is 0. The van der Waals surface area contributed by atoms with E-state index in [0.29, 0.717) is 10.6 Å². The summed E-state index contributed by atoms with van der Waals surface area (Å²) in [5, 5.41) is 23.5. The first kappa shape index (κ1) is 14.1. The predicted molar refractivity (Wildman–Crippen MR) is 73.5 cm³/mol. The third kappa shape index (κ3) is 3.36. The van der Waals surface area contributed by atoms with E-state index in [4.69, 9.17) is 11.6 Å². The Hall–Kier alpha value is -2.34. The van der Waals surface area contributed by atoms with Crippen LogP contribution in [-0.2, 0) is 6.54 Å². The number of benzene rings is 2. The molecular formula is C13H10ClFN2O3. The van der Waals surface area contributed by atoms with Crippen molar-refractivity contribution in [3.63, 3.8) is 0 Å². The van der Waals surface area contributed by atoms with Gasteiger partial charge in [0.05, 0.1) is 11.0 Å². The van der Waals surface area contributed by atoms with Gasteiger partial charge in [-0.3, -0.25) is 10.1 Å². The first-order valence-corrected chi connectivity index (χ1v) is 6.00. The molecule has 0 unspecified atom stereocenters. The second-order valence-electron chi connectivity index (χ2n) is 4.08. The van der Waals surface area contributed by atoms with E-state index in [-0.39, 0.29) is 23.7 Å². The molecule has 0 heterocycles. The normalized spacial score (nSPS) is 10.3. The molecule has 0 aliphatic heterocycles. The summed E-state index contributed by atoms with van der Waals surface area (Å²) < 4.78 is 13.2. The Balaban J connectivity index is 2.18. The lowest BCUT2D eigenvalue weighted by atomic mass is 10.2. The van der Waals surface area contributed by atoms with Crippen molar-refractivity contribution >= 4 is 23.0 Å². The minimum Gasteiger partial charge on any atom is -0.508 e. The van der Waals surface area contributed by atoms with Gasteiger partial charge in [-0.2, -0.15) is 0 Å². The number of phenolic OH excluding ortho intramolecular Hbond substituents is 1. The Bertz CT molecular complexity index is 664. The fourth-order valence-corrected chi connectivity index (χ4v) is 1.87. The number of nitrogens with zero attached hydrogens (tertiary/aromatic N) is 1. The van der Waals surface area contributed by atoms with Crippen molar-refractivity contribution in [2.75, 3.05) is 5.32 Å². The average Bonchev–Trinajstić information content (AvgIpc) is 2.39. The van der Waals surface area contributed by atoms with E-state index in [1.54, 1.807) is 6.07 Å². The van der Waals surface area contributed by atoms with E-state index in [1.807, 2.05) is 0 Å². The van der Waals surface area contributed by atoms with Gasteiger partial charge in [-0.15, -0.1) is 0 Å². The zero-order chi connectivity index (χ0) is 14.7. The first-order valence-electron chi connectivity index (χ1n) is 5.62. The van der Waals surface area contributed by atoms with E-state index >= 15 is 0 Å². The summed E-state index contributed by atoms with van der Waals surface area (Å²) in [6.07, 6.45) is 0. The largest absolute Gasteiger partial charge is 0.508 e. The Kier molecular flexibility index (Phi) is 4.05. The number of anilines is 1. The molecule has 0 saturated heterocycles. The molecule has 0 radical (unpaired) electrons. The number of non-ortho nitro benzene ring substituents is 1. The predicted octanol–water partition coefficient (Wildman–Crippen LogP) is 3.71. The number of nitro groups is 1. The van der Waals surface area contributed by atoms with Gasteiger partial charge in [-0.05, 0) is 24.3 Å². The van der Waals surface area contributed by atoms with Gasteiger partial charge in [0.25, 0.3) is 5.69 Å². The van der Waals surface area contributed by atoms with Crippen LogP contribution in [-0.4, -0.2) is 10.0 Å². The van der Waals surface area contributed by atoms with Crippen LogP contribution in [0, 0.1) is 15.9 Å². The maximum absolute atomic E-state index is 13.2. The summed E-state index contributed by atoms with van der Waals surface area (Å²) >= 11 is 5.80. The Morgan fingerprint density at radius 2 is 2.05 bits per heavy atom. The van der Waals surface area contributed by atoms with Crippen LogP contribution in [0.2, 0.25) is 5.02 Å². The van der Waals surface area contributed by atoms with Crippen LogP contribution in [0.4, 0.5) is 15.8 Å². The van der Waals surface area contributed by atoms with Gasteiger partial charge in [0.15, 0.2) is 0 Å². The van der Waals surface area contributed by atoms with E-state index in [2.05, 4.69) is 5.32 Å². The zero-order valence-electron chi connectivity index (χ0n) is 10.1. The molecule has 20 heavy (non-hydrogen) atoms. The number of hydrogen-bond donors (Lipinski definition) is 2. The Labute approximate surface area is 118 Å². The van der Waals surface area contributed by atoms with Crippen LogP contribution in [0.1, 0.15) is 5.56 Å². The van der Waals surface area contributed by atoms with Crippen molar-refractivity contribution in [3.05, 3.63) is 62.9 Å². The lowest BCUT2D eigenvalue weighted by Crippen LogP contribution is -2.01. The van der Waals surface area contributed by atoms with Gasteiger partial charge >= 0.3 is 0 Å². The van der Waals surface area contributed by atoms with E-state index in [9.17, 15) is 19.6 Å². The number of phenols is 1. The number of nitrogens with one attached hydrogen (secondary N) is 1. The second kappa shape index (κ2) is 5.75. The molecule has 0 aliphatic rings. The average molecular weight is 297 g/mol. The van der Waals surface area contributed by atoms with Crippen molar-refractivity contribution in [1.82, 2.24) is 0 Å². The molecule has 0 saturated carbocycles. The van der Waals surface area contributed by atoms with Crippen LogP contribution in [0.25, 0.3) is 0 Å². The van der Waals surface area contributed by atoms with Crippen molar-refractivity contribution in [2.45, 2.75) is 6.54 Å². The standard InChI is InChI=1S/C13H10ClFN2O3/c14-9-1-2-13(18)8(3-9)7-16-11-4-10(15)5-12(6-11)17(19)20/h1-6,16,18H,7H2. The molecule has 2 aromatic rings. The maximum atomic E-state index is 13.2. The highest BCUT2D eigenvalue weighted by atomic mass is 35.5.